The second-order valence-corrected chi connectivity index (χ2v) is 8.94. The summed E-state index contributed by atoms with van der Waals surface area (Å²) in [5.41, 5.74) is 7.12. The van der Waals surface area contributed by atoms with E-state index >= 15 is 0 Å². The molecule has 0 saturated carbocycles. The van der Waals surface area contributed by atoms with Gasteiger partial charge >= 0.3 is 0 Å². The number of anilines is 2. The van der Waals surface area contributed by atoms with Crippen molar-refractivity contribution in [3.8, 4) is 0 Å². The number of halogens is 1. The molecule has 152 valence electrons. The van der Waals surface area contributed by atoms with Crippen molar-refractivity contribution in [2.75, 3.05) is 5.32 Å². The van der Waals surface area contributed by atoms with Crippen molar-refractivity contribution in [1.29, 1.82) is 0 Å². The third-order valence-electron chi connectivity index (χ3n) is 5.71. The van der Waals surface area contributed by atoms with Crippen molar-refractivity contribution in [3.05, 3.63) is 80.7 Å². The number of benzene rings is 2. The fourth-order valence-electron chi connectivity index (χ4n) is 4.04. The maximum atomic E-state index is 4.87. The largest absolute Gasteiger partial charge is 0.340 e. The zero-order valence-electron chi connectivity index (χ0n) is 17.2. The fourth-order valence-corrected chi connectivity index (χ4v) is 4.28. The molecule has 0 amide bonds. The molecule has 1 aliphatic carbocycles. The summed E-state index contributed by atoms with van der Waals surface area (Å²) in [5.74, 6) is 2.47. The number of nitrogens with one attached hydrogen (secondary N) is 1. The van der Waals surface area contributed by atoms with E-state index in [0.29, 0.717) is 12.2 Å². The third-order valence-corrected chi connectivity index (χ3v) is 6.60. The van der Waals surface area contributed by atoms with Crippen LogP contribution < -0.4 is 5.32 Å². The van der Waals surface area contributed by atoms with Crippen LogP contribution in [0.25, 0.3) is 5.78 Å². The van der Waals surface area contributed by atoms with E-state index in [1.807, 2.05) is 4.52 Å². The molecule has 30 heavy (non-hydrogen) atoms. The van der Waals surface area contributed by atoms with Gasteiger partial charge in [0.1, 0.15) is 5.82 Å². The van der Waals surface area contributed by atoms with Crippen molar-refractivity contribution in [3.63, 3.8) is 0 Å². The van der Waals surface area contributed by atoms with Crippen LogP contribution in [0, 0.1) is 13.8 Å². The van der Waals surface area contributed by atoms with Crippen LogP contribution in [0.5, 0.6) is 0 Å². The number of rotatable bonds is 4. The van der Waals surface area contributed by atoms with Gasteiger partial charge < -0.3 is 5.32 Å². The van der Waals surface area contributed by atoms with E-state index in [2.05, 4.69) is 77.6 Å². The highest BCUT2D eigenvalue weighted by Crippen LogP contribution is 2.31. The first-order valence-corrected chi connectivity index (χ1v) is 11.2. The molecule has 5 nitrogen and oxygen atoms in total. The summed E-state index contributed by atoms with van der Waals surface area (Å²) in [5, 5.41) is 8.47. The molecule has 2 aromatic heterocycles. The number of aromatic nitrogens is 4. The predicted molar refractivity (Wildman–Crippen MR) is 124 cm³/mol. The fraction of sp³-hybridized carbons (Fsp3) is 0.292. The van der Waals surface area contributed by atoms with E-state index in [9.17, 15) is 0 Å². The van der Waals surface area contributed by atoms with E-state index in [1.54, 1.807) is 0 Å². The topological polar surface area (TPSA) is 55.1 Å². The first-order chi connectivity index (χ1) is 14.6. The number of nitrogens with zero attached hydrogens (tertiary/aromatic N) is 4. The van der Waals surface area contributed by atoms with Gasteiger partial charge in [-0.05, 0) is 68.9 Å². The first kappa shape index (κ1) is 19.2. The molecule has 0 radical (unpaired) electrons. The van der Waals surface area contributed by atoms with Crippen molar-refractivity contribution in [1.82, 2.24) is 19.6 Å². The highest BCUT2D eigenvalue weighted by molar-refractivity contribution is 9.10. The summed E-state index contributed by atoms with van der Waals surface area (Å²) in [7, 11) is 0. The van der Waals surface area contributed by atoms with Gasteiger partial charge in [-0.2, -0.15) is 9.50 Å². The second-order valence-electron chi connectivity index (χ2n) is 8.08. The van der Waals surface area contributed by atoms with Crippen LogP contribution >= 0.6 is 15.9 Å². The molecule has 0 fully saturated rings. The molecule has 0 spiro atoms. The van der Waals surface area contributed by atoms with Crippen molar-refractivity contribution in [2.45, 2.75) is 46.0 Å². The van der Waals surface area contributed by atoms with Gasteiger partial charge in [-0.15, -0.1) is 5.10 Å². The number of hydrogen-bond donors (Lipinski definition) is 1. The number of aryl methyl sites for hydroxylation is 3. The number of fused-ring (bicyclic) bond motifs is 2. The Morgan fingerprint density at radius 3 is 2.60 bits per heavy atom. The van der Waals surface area contributed by atoms with Gasteiger partial charge in [-0.25, -0.2) is 4.98 Å². The van der Waals surface area contributed by atoms with E-state index in [-0.39, 0.29) is 0 Å². The summed E-state index contributed by atoms with van der Waals surface area (Å²) in [6.07, 6.45) is 5.07. The van der Waals surface area contributed by atoms with Crippen LogP contribution in [0.1, 0.15) is 46.6 Å². The summed E-state index contributed by atoms with van der Waals surface area (Å²) in [6.45, 7) is 4.20. The minimum atomic E-state index is 0.675. The van der Waals surface area contributed by atoms with Crippen molar-refractivity contribution >= 4 is 33.2 Å². The normalized spacial score (nSPS) is 13.4. The molecule has 6 heteroatoms. The van der Waals surface area contributed by atoms with Crippen LogP contribution in [-0.4, -0.2) is 19.6 Å². The monoisotopic (exact) mass is 461 g/mol. The van der Waals surface area contributed by atoms with Gasteiger partial charge in [-0.1, -0.05) is 45.8 Å². The van der Waals surface area contributed by atoms with E-state index in [0.717, 1.165) is 40.3 Å². The smallest absolute Gasteiger partial charge is 0.254 e. The van der Waals surface area contributed by atoms with Gasteiger partial charge in [0.2, 0.25) is 0 Å². The molecule has 5 rings (SSSR count). The lowest BCUT2D eigenvalue weighted by molar-refractivity contribution is 0.662. The Bertz CT molecular complexity index is 1230. The lowest BCUT2D eigenvalue weighted by atomic mass is 9.96. The highest BCUT2D eigenvalue weighted by Gasteiger charge is 2.21. The lowest BCUT2D eigenvalue weighted by Gasteiger charge is -2.20. The predicted octanol–water partition coefficient (Wildman–Crippen LogP) is 5.72. The summed E-state index contributed by atoms with van der Waals surface area (Å²) in [4.78, 5) is 9.63. The van der Waals surface area contributed by atoms with Gasteiger partial charge in [0.15, 0.2) is 5.82 Å². The molecule has 2 heterocycles. The molecule has 2 aromatic carbocycles. The highest BCUT2D eigenvalue weighted by atomic mass is 79.9. The summed E-state index contributed by atoms with van der Waals surface area (Å²) >= 11 is 3.59. The Hall–Kier alpha value is -2.73. The SMILES string of the molecule is Cc1ccc(Cc2nc3nc4c(c(Nc5ccc(Br)c(C)c5)n3n2)CCCC4)cc1. The minimum absolute atomic E-state index is 0.675. The zero-order chi connectivity index (χ0) is 20.7. The quantitative estimate of drug-likeness (QED) is 0.422. The maximum Gasteiger partial charge on any atom is 0.254 e. The molecule has 0 bridgehead atoms. The molecule has 0 aliphatic heterocycles. The average Bonchev–Trinajstić information content (AvgIpc) is 3.14. The van der Waals surface area contributed by atoms with E-state index in [1.165, 1.54) is 35.1 Å². The minimum Gasteiger partial charge on any atom is -0.340 e. The Kier molecular flexibility index (Phi) is 5.03. The Morgan fingerprint density at radius 2 is 1.80 bits per heavy atom. The molecule has 1 N–H and O–H groups in total. The van der Waals surface area contributed by atoms with Gasteiger partial charge in [-0.3, -0.25) is 0 Å². The lowest BCUT2D eigenvalue weighted by Crippen LogP contribution is -2.13. The van der Waals surface area contributed by atoms with E-state index < -0.39 is 0 Å². The standard InChI is InChI=1S/C24H24BrN5/c1-15-7-9-17(10-8-15)14-22-28-24-27-21-6-4-3-5-19(21)23(30(24)29-22)26-18-11-12-20(25)16(2)13-18/h7-13,26H,3-6,14H2,1-2H3. The average molecular weight is 462 g/mol. The molecular formula is C24H24BrN5. The molecule has 0 saturated heterocycles. The molecule has 1 aliphatic rings. The first-order valence-electron chi connectivity index (χ1n) is 10.4. The Labute approximate surface area is 184 Å². The van der Waals surface area contributed by atoms with Gasteiger partial charge in [0, 0.05) is 22.1 Å². The summed E-state index contributed by atoms with van der Waals surface area (Å²) in [6, 6.07) is 14.9. The van der Waals surface area contributed by atoms with Crippen molar-refractivity contribution < 1.29 is 0 Å². The van der Waals surface area contributed by atoms with Crippen LogP contribution in [0.15, 0.2) is 46.9 Å². The Balaban J connectivity index is 1.58. The van der Waals surface area contributed by atoms with Crippen LogP contribution in [0.4, 0.5) is 11.5 Å². The van der Waals surface area contributed by atoms with Crippen LogP contribution in [-0.2, 0) is 19.3 Å². The molecular weight excluding hydrogens is 438 g/mol. The maximum absolute atomic E-state index is 4.87. The molecule has 4 aromatic rings. The van der Waals surface area contributed by atoms with Gasteiger partial charge in [0.05, 0.1) is 5.69 Å². The van der Waals surface area contributed by atoms with Crippen LogP contribution in [0.2, 0.25) is 0 Å². The van der Waals surface area contributed by atoms with Crippen LogP contribution in [0.3, 0.4) is 0 Å². The number of hydrogen-bond acceptors (Lipinski definition) is 4. The molecule has 0 atom stereocenters. The molecule has 0 unspecified atom stereocenters. The Morgan fingerprint density at radius 1 is 1.00 bits per heavy atom. The third kappa shape index (κ3) is 3.72. The van der Waals surface area contributed by atoms with Gasteiger partial charge in [0.25, 0.3) is 5.78 Å². The second kappa shape index (κ2) is 7.84. The van der Waals surface area contributed by atoms with E-state index in [4.69, 9.17) is 15.1 Å². The summed E-state index contributed by atoms with van der Waals surface area (Å²) < 4.78 is 3.00. The van der Waals surface area contributed by atoms with Crippen molar-refractivity contribution in [2.24, 2.45) is 0 Å². The zero-order valence-corrected chi connectivity index (χ0v) is 18.8.